The molecule has 0 aliphatic carbocycles. The van der Waals surface area contributed by atoms with Crippen molar-refractivity contribution >= 4 is 0 Å². The molecule has 0 aromatic heterocycles. The molecule has 0 saturated heterocycles. The average molecular weight is 190 g/mol. The molecule has 2 N–H and O–H groups in total. The second kappa shape index (κ2) is 4.64. The molecule has 0 radical (unpaired) electrons. The first-order chi connectivity index (χ1) is 6.65. The number of aryl methyl sites for hydroxylation is 1. The van der Waals surface area contributed by atoms with Crippen LogP contribution in [0.4, 0.5) is 0 Å². The van der Waals surface area contributed by atoms with E-state index in [1.807, 2.05) is 38.1 Å². The zero-order chi connectivity index (χ0) is 10.6. The van der Waals surface area contributed by atoms with Gasteiger partial charge in [0.2, 0.25) is 0 Å². The zero-order valence-electron chi connectivity index (χ0n) is 8.45. The normalized spacial score (nSPS) is 11.9. The van der Waals surface area contributed by atoms with Crippen molar-refractivity contribution in [2.24, 2.45) is 5.73 Å². The van der Waals surface area contributed by atoms with Gasteiger partial charge >= 0.3 is 0 Å². The quantitative estimate of drug-likeness (QED) is 0.792. The molecule has 0 amide bonds. The molecule has 0 aliphatic rings. The van der Waals surface area contributed by atoms with Gasteiger partial charge in [0.05, 0.1) is 0 Å². The van der Waals surface area contributed by atoms with Crippen LogP contribution in [-0.4, -0.2) is 6.61 Å². The van der Waals surface area contributed by atoms with Crippen LogP contribution >= 0.6 is 0 Å². The SMILES string of the molecule is Cc1cc(C(C)N)ccc1OCC#N. The lowest BCUT2D eigenvalue weighted by molar-refractivity contribution is 0.365. The number of ether oxygens (including phenoxy) is 1. The summed E-state index contributed by atoms with van der Waals surface area (Å²) in [5.41, 5.74) is 7.82. The standard InChI is InChI=1S/C11H14N2O/c1-8-7-10(9(2)13)3-4-11(8)14-6-5-12/h3-4,7,9H,6,13H2,1-2H3. The van der Waals surface area contributed by atoms with Crippen molar-refractivity contribution in [3.05, 3.63) is 29.3 Å². The minimum atomic E-state index is 0.0266. The monoisotopic (exact) mass is 190 g/mol. The van der Waals surface area contributed by atoms with Crippen LogP contribution < -0.4 is 10.5 Å². The van der Waals surface area contributed by atoms with E-state index in [9.17, 15) is 0 Å². The lowest BCUT2D eigenvalue weighted by Crippen LogP contribution is -2.05. The average Bonchev–Trinajstić information content (AvgIpc) is 2.15. The van der Waals surface area contributed by atoms with Crippen molar-refractivity contribution in [1.82, 2.24) is 0 Å². The molecule has 3 heteroatoms. The van der Waals surface area contributed by atoms with Crippen LogP contribution in [0.3, 0.4) is 0 Å². The molecule has 1 aromatic rings. The minimum absolute atomic E-state index is 0.0266. The Balaban J connectivity index is 2.85. The Morgan fingerprint density at radius 3 is 2.79 bits per heavy atom. The van der Waals surface area contributed by atoms with E-state index in [0.29, 0.717) is 0 Å². The largest absolute Gasteiger partial charge is 0.478 e. The van der Waals surface area contributed by atoms with Crippen molar-refractivity contribution in [2.75, 3.05) is 6.61 Å². The molecule has 0 bridgehead atoms. The van der Waals surface area contributed by atoms with Gasteiger partial charge in [-0.3, -0.25) is 0 Å². The molecule has 0 heterocycles. The summed E-state index contributed by atoms with van der Waals surface area (Å²) in [4.78, 5) is 0. The molecule has 0 saturated carbocycles. The molecular formula is C11H14N2O. The summed E-state index contributed by atoms with van der Waals surface area (Å²) in [6.45, 7) is 3.96. The fraction of sp³-hybridized carbons (Fsp3) is 0.364. The first-order valence-corrected chi connectivity index (χ1v) is 4.51. The predicted octanol–water partition coefficient (Wildman–Crippen LogP) is 1.92. The van der Waals surface area contributed by atoms with Crippen molar-refractivity contribution in [2.45, 2.75) is 19.9 Å². The summed E-state index contributed by atoms with van der Waals surface area (Å²) in [5, 5.41) is 8.37. The second-order valence-electron chi connectivity index (χ2n) is 3.26. The molecule has 0 fully saturated rings. The Hall–Kier alpha value is -1.53. The highest BCUT2D eigenvalue weighted by Crippen LogP contribution is 2.21. The minimum Gasteiger partial charge on any atom is -0.478 e. The van der Waals surface area contributed by atoms with E-state index in [2.05, 4.69) is 0 Å². The number of hydrogen-bond acceptors (Lipinski definition) is 3. The molecule has 14 heavy (non-hydrogen) atoms. The van der Waals surface area contributed by atoms with E-state index in [0.717, 1.165) is 16.9 Å². The van der Waals surface area contributed by atoms with Crippen LogP contribution in [0, 0.1) is 18.3 Å². The number of rotatable bonds is 3. The van der Waals surface area contributed by atoms with E-state index in [-0.39, 0.29) is 12.6 Å². The maximum Gasteiger partial charge on any atom is 0.174 e. The van der Waals surface area contributed by atoms with Crippen LogP contribution in [0.25, 0.3) is 0 Å². The third-order valence-corrected chi connectivity index (χ3v) is 2.02. The lowest BCUT2D eigenvalue weighted by atomic mass is 10.1. The number of nitriles is 1. The van der Waals surface area contributed by atoms with Crippen molar-refractivity contribution in [3.63, 3.8) is 0 Å². The van der Waals surface area contributed by atoms with E-state index < -0.39 is 0 Å². The van der Waals surface area contributed by atoms with Gasteiger partial charge in [-0.1, -0.05) is 12.1 Å². The molecular weight excluding hydrogens is 176 g/mol. The molecule has 0 aliphatic heterocycles. The van der Waals surface area contributed by atoms with Crippen LogP contribution in [-0.2, 0) is 0 Å². The first-order valence-electron chi connectivity index (χ1n) is 4.51. The summed E-state index contributed by atoms with van der Waals surface area (Å²) in [6, 6.07) is 7.72. The zero-order valence-corrected chi connectivity index (χ0v) is 8.45. The predicted molar refractivity (Wildman–Crippen MR) is 54.9 cm³/mol. The molecule has 1 aromatic carbocycles. The number of benzene rings is 1. The van der Waals surface area contributed by atoms with E-state index in [4.69, 9.17) is 15.7 Å². The van der Waals surface area contributed by atoms with E-state index >= 15 is 0 Å². The van der Waals surface area contributed by atoms with E-state index in [1.54, 1.807) is 0 Å². The highest BCUT2D eigenvalue weighted by Gasteiger charge is 2.03. The Labute approximate surface area is 84.1 Å². The van der Waals surface area contributed by atoms with Gasteiger partial charge < -0.3 is 10.5 Å². The van der Waals surface area contributed by atoms with E-state index in [1.165, 1.54) is 0 Å². The van der Waals surface area contributed by atoms with Crippen molar-refractivity contribution in [3.8, 4) is 11.8 Å². The third-order valence-electron chi connectivity index (χ3n) is 2.02. The van der Waals surface area contributed by atoms with Gasteiger partial charge in [-0.05, 0) is 31.0 Å². The highest BCUT2D eigenvalue weighted by molar-refractivity contribution is 5.37. The van der Waals surface area contributed by atoms with Gasteiger partial charge in [-0.2, -0.15) is 5.26 Å². The van der Waals surface area contributed by atoms with Crippen LogP contribution in [0.15, 0.2) is 18.2 Å². The van der Waals surface area contributed by atoms with Crippen LogP contribution in [0.2, 0.25) is 0 Å². The molecule has 3 nitrogen and oxygen atoms in total. The topological polar surface area (TPSA) is 59.0 Å². The number of nitrogens with two attached hydrogens (primary N) is 1. The van der Waals surface area contributed by atoms with Crippen molar-refractivity contribution < 1.29 is 4.74 Å². The first kappa shape index (κ1) is 10.6. The van der Waals surface area contributed by atoms with Gasteiger partial charge in [0.25, 0.3) is 0 Å². The van der Waals surface area contributed by atoms with Crippen LogP contribution in [0.5, 0.6) is 5.75 Å². The molecule has 74 valence electrons. The summed E-state index contributed by atoms with van der Waals surface area (Å²) >= 11 is 0. The lowest BCUT2D eigenvalue weighted by Gasteiger charge is -2.10. The smallest absolute Gasteiger partial charge is 0.174 e. The van der Waals surface area contributed by atoms with Gasteiger partial charge in [-0.15, -0.1) is 0 Å². The van der Waals surface area contributed by atoms with Crippen LogP contribution in [0.1, 0.15) is 24.1 Å². The highest BCUT2D eigenvalue weighted by atomic mass is 16.5. The summed E-state index contributed by atoms with van der Waals surface area (Å²) < 4.78 is 5.22. The van der Waals surface area contributed by atoms with Gasteiger partial charge in [0.15, 0.2) is 6.61 Å². The van der Waals surface area contributed by atoms with Gasteiger partial charge in [0, 0.05) is 6.04 Å². The second-order valence-corrected chi connectivity index (χ2v) is 3.26. The Kier molecular flexibility index (Phi) is 3.49. The Morgan fingerprint density at radius 1 is 1.57 bits per heavy atom. The number of nitrogens with zero attached hydrogens (tertiary/aromatic N) is 1. The summed E-state index contributed by atoms with van der Waals surface area (Å²) in [7, 11) is 0. The fourth-order valence-electron chi connectivity index (χ4n) is 1.23. The molecule has 0 spiro atoms. The number of hydrogen-bond donors (Lipinski definition) is 1. The third kappa shape index (κ3) is 2.48. The maximum atomic E-state index is 8.37. The molecule has 1 rings (SSSR count). The Morgan fingerprint density at radius 2 is 2.29 bits per heavy atom. The van der Waals surface area contributed by atoms with Crippen molar-refractivity contribution in [1.29, 1.82) is 5.26 Å². The molecule has 1 unspecified atom stereocenters. The van der Waals surface area contributed by atoms with Gasteiger partial charge in [-0.25, -0.2) is 0 Å². The molecule has 1 atom stereocenters. The van der Waals surface area contributed by atoms with Gasteiger partial charge in [0.1, 0.15) is 11.8 Å². The summed E-state index contributed by atoms with van der Waals surface area (Å²) in [5.74, 6) is 0.746. The Bertz CT molecular complexity index is 353. The fourth-order valence-corrected chi connectivity index (χ4v) is 1.23. The summed E-state index contributed by atoms with van der Waals surface area (Å²) in [6.07, 6.45) is 0. The maximum absolute atomic E-state index is 8.37.